The summed E-state index contributed by atoms with van der Waals surface area (Å²) in [5.74, 6) is -0.627. The van der Waals surface area contributed by atoms with E-state index in [0.29, 0.717) is 12.6 Å². The largest absolute Gasteiger partial charge is 0.364 e. The Balaban J connectivity index is 1.92. The second-order valence-electron chi connectivity index (χ2n) is 6.25. The Kier molecular flexibility index (Phi) is 3.78. The number of fused-ring (bicyclic) bond motifs is 1. The number of nitrogens with zero attached hydrogens (tertiary/aromatic N) is 3. The number of hydrogen-bond donors (Lipinski definition) is 1. The number of aryl methyl sites for hydroxylation is 1. The number of carbonyl (C=O) groups excluding carboxylic acids is 1. The molecule has 2 fully saturated rings. The molecule has 0 saturated carbocycles. The van der Waals surface area contributed by atoms with Crippen LogP contribution in [0.4, 0.5) is 0 Å². The molecule has 0 radical (unpaired) electrons. The van der Waals surface area contributed by atoms with Crippen molar-refractivity contribution in [2.24, 2.45) is 12.8 Å². The molecule has 3 rings (SSSR count). The van der Waals surface area contributed by atoms with Crippen LogP contribution in [0, 0.1) is 0 Å². The minimum atomic E-state index is -3.61. The van der Waals surface area contributed by atoms with Crippen molar-refractivity contribution in [2.75, 3.05) is 19.6 Å². The van der Waals surface area contributed by atoms with E-state index in [1.165, 1.54) is 16.8 Å². The van der Waals surface area contributed by atoms with Gasteiger partial charge in [0.15, 0.2) is 0 Å². The lowest BCUT2D eigenvalue weighted by Crippen LogP contribution is -2.56. The average molecular weight is 326 g/mol. The zero-order valence-electron chi connectivity index (χ0n) is 12.9. The number of rotatable bonds is 3. The molecule has 2 aliphatic heterocycles. The van der Waals surface area contributed by atoms with Gasteiger partial charge in [-0.15, -0.1) is 0 Å². The first-order chi connectivity index (χ1) is 10.3. The van der Waals surface area contributed by atoms with E-state index in [-0.39, 0.29) is 16.6 Å². The Labute approximate surface area is 130 Å². The van der Waals surface area contributed by atoms with Crippen LogP contribution in [0.15, 0.2) is 17.2 Å². The predicted octanol–water partition coefficient (Wildman–Crippen LogP) is -0.0188. The highest BCUT2D eigenvalue weighted by molar-refractivity contribution is 7.89. The van der Waals surface area contributed by atoms with Gasteiger partial charge in [0.05, 0.1) is 0 Å². The fourth-order valence-electron chi connectivity index (χ4n) is 3.55. The quantitative estimate of drug-likeness (QED) is 0.845. The van der Waals surface area contributed by atoms with Crippen LogP contribution in [0.3, 0.4) is 0 Å². The SMILES string of the molecule is C[C@@H]1CN2CCC[C@H]2CN1S(=O)(=O)c1cc(C(N)=O)n(C)c1. The minimum absolute atomic E-state index is 0.0726. The van der Waals surface area contributed by atoms with Gasteiger partial charge >= 0.3 is 0 Å². The van der Waals surface area contributed by atoms with Crippen molar-refractivity contribution in [3.05, 3.63) is 18.0 Å². The van der Waals surface area contributed by atoms with Gasteiger partial charge in [-0.1, -0.05) is 0 Å². The maximum atomic E-state index is 12.9. The van der Waals surface area contributed by atoms with Crippen LogP contribution in [-0.2, 0) is 17.1 Å². The highest BCUT2D eigenvalue weighted by Crippen LogP contribution is 2.29. The van der Waals surface area contributed by atoms with Crippen molar-refractivity contribution in [3.8, 4) is 0 Å². The number of aromatic nitrogens is 1. The van der Waals surface area contributed by atoms with Crippen LogP contribution in [-0.4, -0.2) is 59.8 Å². The average Bonchev–Trinajstić information content (AvgIpc) is 3.03. The third kappa shape index (κ3) is 2.45. The van der Waals surface area contributed by atoms with E-state index < -0.39 is 15.9 Å². The molecule has 122 valence electrons. The lowest BCUT2D eigenvalue weighted by molar-refractivity contribution is 0.0992. The van der Waals surface area contributed by atoms with Crippen LogP contribution in [0.25, 0.3) is 0 Å². The van der Waals surface area contributed by atoms with Crippen LogP contribution in [0.5, 0.6) is 0 Å². The molecule has 0 unspecified atom stereocenters. The molecule has 0 aliphatic carbocycles. The van der Waals surface area contributed by atoms with E-state index in [9.17, 15) is 13.2 Å². The van der Waals surface area contributed by atoms with E-state index in [0.717, 1.165) is 25.9 Å². The standard InChI is InChI=1S/C14H22N4O3S/c1-10-7-17-5-3-4-11(17)8-18(10)22(20,21)12-6-13(14(15)19)16(2)9-12/h6,9-11H,3-5,7-8H2,1-2H3,(H2,15,19)/t10-,11+/m1/s1. The fraction of sp³-hybridized carbons (Fsp3) is 0.643. The highest BCUT2D eigenvalue weighted by atomic mass is 32.2. The zero-order chi connectivity index (χ0) is 16.1. The topological polar surface area (TPSA) is 88.6 Å². The van der Waals surface area contributed by atoms with Crippen molar-refractivity contribution in [2.45, 2.75) is 36.7 Å². The molecule has 0 spiro atoms. The Morgan fingerprint density at radius 1 is 1.36 bits per heavy atom. The van der Waals surface area contributed by atoms with E-state index >= 15 is 0 Å². The van der Waals surface area contributed by atoms with E-state index in [1.54, 1.807) is 11.4 Å². The van der Waals surface area contributed by atoms with Gasteiger partial charge in [0.1, 0.15) is 10.6 Å². The summed E-state index contributed by atoms with van der Waals surface area (Å²) in [4.78, 5) is 13.9. The molecule has 1 amide bonds. The maximum absolute atomic E-state index is 12.9. The lowest BCUT2D eigenvalue weighted by Gasteiger charge is -2.41. The number of sulfonamides is 1. The van der Waals surface area contributed by atoms with Crippen molar-refractivity contribution in [1.82, 2.24) is 13.8 Å². The molecular formula is C14H22N4O3S. The number of primary amides is 1. The molecule has 7 nitrogen and oxygen atoms in total. The normalized spacial score (nSPS) is 27.0. The molecule has 1 aromatic heterocycles. The molecular weight excluding hydrogens is 304 g/mol. The van der Waals surface area contributed by atoms with Crippen molar-refractivity contribution >= 4 is 15.9 Å². The second-order valence-corrected chi connectivity index (χ2v) is 8.14. The fourth-order valence-corrected chi connectivity index (χ4v) is 5.28. The zero-order valence-corrected chi connectivity index (χ0v) is 13.7. The summed E-state index contributed by atoms with van der Waals surface area (Å²) in [7, 11) is -1.98. The smallest absolute Gasteiger partial charge is 0.265 e. The molecule has 3 heterocycles. The molecule has 2 N–H and O–H groups in total. The second kappa shape index (κ2) is 5.36. The van der Waals surface area contributed by atoms with Gasteiger partial charge in [-0.3, -0.25) is 9.69 Å². The summed E-state index contributed by atoms with van der Waals surface area (Å²) in [6, 6.07) is 1.60. The first-order valence-electron chi connectivity index (χ1n) is 7.53. The van der Waals surface area contributed by atoms with Crippen LogP contribution >= 0.6 is 0 Å². The van der Waals surface area contributed by atoms with Crippen molar-refractivity contribution in [3.63, 3.8) is 0 Å². The van der Waals surface area contributed by atoms with Crippen molar-refractivity contribution in [1.29, 1.82) is 0 Å². The monoisotopic (exact) mass is 326 g/mol. The predicted molar refractivity (Wildman–Crippen MR) is 81.9 cm³/mol. The van der Waals surface area contributed by atoms with Gasteiger partial charge in [-0.05, 0) is 32.4 Å². The summed E-state index contributed by atoms with van der Waals surface area (Å²) >= 11 is 0. The summed E-state index contributed by atoms with van der Waals surface area (Å²) in [5.41, 5.74) is 5.47. The first kappa shape index (κ1) is 15.5. The Morgan fingerprint density at radius 2 is 2.09 bits per heavy atom. The van der Waals surface area contributed by atoms with Crippen LogP contribution in [0.2, 0.25) is 0 Å². The highest BCUT2D eigenvalue weighted by Gasteiger charge is 2.40. The lowest BCUT2D eigenvalue weighted by atomic mass is 10.1. The van der Waals surface area contributed by atoms with Gasteiger partial charge < -0.3 is 10.3 Å². The molecule has 1 aromatic rings. The molecule has 8 heteroatoms. The molecule has 2 aliphatic rings. The number of piperazine rings is 1. The molecule has 0 aromatic carbocycles. The summed E-state index contributed by atoms with van der Waals surface area (Å²) < 4.78 is 28.9. The number of nitrogens with two attached hydrogens (primary N) is 1. The van der Waals surface area contributed by atoms with Crippen molar-refractivity contribution < 1.29 is 13.2 Å². The van der Waals surface area contributed by atoms with E-state index in [4.69, 9.17) is 5.73 Å². The van der Waals surface area contributed by atoms with Crippen LogP contribution < -0.4 is 5.73 Å². The first-order valence-corrected chi connectivity index (χ1v) is 8.97. The Morgan fingerprint density at radius 3 is 2.73 bits per heavy atom. The van der Waals surface area contributed by atoms with Gasteiger partial charge in [-0.2, -0.15) is 4.31 Å². The van der Waals surface area contributed by atoms with Gasteiger partial charge in [0, 0.05) is 38.4 Å². The number of hydrogen-bond acceptors (Lipinski definition) is 4. The maximum Gasteiger partial charge on any atom is 0.265 e. The minimum Gasteiger partial charge on any atom is -0.364 e. The third-order valence-electron chi connectivity index (χ3n) is 4.72. The van der Waals surface area contributed by atoms with Crippen LogP contribution in [0.1, 0.15) is 30.3 Å². The Bertz CT molecular complexity index is 697. The summed E-state index contributed by atoms with van der Waals surface area (Å²) in [6.45, 7) is 4.27. The van der Waals surface area contributed by atoms with Gasteiger partial charge in [0.2, 0.25) is 10.0 Å². The number of amides is 1. The van der Waals surface area contributed by atoms with Gasteiger partial charge in [-0.25, -0.2) is 8.42 Å². The molecule has 22 heavy (non-hydrogen) atoms. The number of carbonyl (C=O) groups is 1. The van der Waals surface area contributed by atoms with Gasteiger partial charge in [0.25, 0.3) is 5.91 Å². The third-order valence-corrected chi connectivity index (χ3v) is 6.66. The molecule has 0 bridgehead atoms. The molecule has 2 atom stereocenters. The summed E-state index contributed by atoms with van der Waals surface area (Å²) in [5, 5.41) is 0. The van der Waals surface area contributed by atoms with E-state index in [1.807, 2.05) is 6.92 Å². The van der Waals surface area contributed by atoms with E-state index in [2.05, 4.69) is 4.90 Å². The Hall–Kier alpha value is -1.38. The molecule has 2 saturated heterocycles. The summed E-state index contributed by atoms with van der Waals surface area (Å²) in [6.07, 6.45) is 3.63.